The minimum absolute atomic E-state index is 0.0821. The molecule has 1 aromatic carbocycles. The Hall–Kier alpha value is -2.45. The van der Waals surface area contributed by atoms with Crippen molar-refractivity contribution in [3.8, 4) is 10.6 Å². The highest BCUT2D eigenvalue weighted by Gasteiger charge is 2.27. The van der Waals surface area contributed by atoms with E-state index in [2.05, 4.69) is 25.5 Å². The zero-order chi connectivity index (χ0) is 16.0. The summed E-state index contributed by atoms with van der Waals surface area (Å²) in [6.45, 7) is 0. The summed E-state index contributed by atoms with van der Waals surface area (Å²) in [5, 5.41) is 13.1. The summed E-state index contributed by atoms with van der Waals surface area (Å²) in [7, 11) is 1.78. The number of hydrogen-bond acceptors (Lipinski definition) is 6. The van der Waals surface area contributed by atoms with Crippen LogP contribution >= 0.6 is 22.9 Å². The fourth-order valence-electron chi connectivity index (χ4n) is 2.53. The molecule has 0 fully saturated rings. The lowest BCUT2D eigenvalue weighted by Crippen LogP contribution is -2.20. The number of H-pyrrole nitrogens is 1. The number of fused-ring (bicyclic) bond motifs is 1. The van der Waals surface area contributed by atoms with E-state index in [1.807, 2.05) is 18.2 Å². The normalized spacial score (nSPS) is 13.5. The number of carbonyl (C=O) groups is 1. The number of likely N-dealkylation sites (N-methyl/N-ethyl adjacent to an activating group) is 1. The zero-order valence-electron chi connectivity index (χ0n) is 12.0. The Bertz CT molecular complexity index is 904. The van der Waals surface area contributed by atoms with Crippen LogP contribution < -0.4 is 10.2 Å². The molecular formula is C14H11ClN6OS. The smallest absolute Gasteiger partial charge is 0.231 e. The SMILES string of the molecule is CN1C(=O)Cc2c(-c3nnc(Nc4nc[nH]c4Cl)s3)cccc21. The van der Waals surface area contributed by atoms with Crippen molar-refractivity contribution < 1.29 is 4.79 Å². The Morgan fingerprint density at radius 2 is 2.26 bits per heavy atom. The number of rotatable bonds is 3. The van der Waals surface area contributed by atoms with Gasteiger partial charge in [0, 0.05) is 18.3 Å². The maximum absolute atomic E-state index is 11.9. The fourth-order valence-corrected chi connectivity index (χ4v) is 3.47. The van der Waals surface area contributed by atoms with E-state index in [0.29, 0.717) is 22.5 Å². The summed E-state index contributed by atoms with van der Waals surface area (Å²) in [6.07, 6.45) is 1.88. The maximum atomic E-state index is 11.9. The molecule has 0 atom stereocenters. The number of nitrogens with one attached hydrogen (secondary N) is 2. The predicted molar refractivity (Wildman–Crippen MR) is 89.3 cm³/mol. The molecule has 4 rings (SSSR count). The molecule has 0 unspecified atom stereocenters. The summed E-state index contributed by atoms with van der Waals surface area (Å²) in [5.74, 6) is 0.584. The van der Waals surface area contributed by atoms with Crippen molar-refractivity contribution in [3.05, 3.63) is 35.2 Å². The Kier molecular flexibility index (Phi) is 3.28. The number of aromatic amines is 1. The second-order valence-corrected chi connectivity index (χ2v) is 6.39. The number of carbonyl (C=O) groups excluding carboxylic acids is 1. The van der Waals surface area contributed by atoms with Gasteiger partial charge in [-0.1, -0.05) is 35.1 Å². The van der Waals surface area contributed by atoms with Gasteiger partial charge in [0.1, 0.15) is 5.01 Å². The summed E-state index contributed by atoms with van der Waals surface area (Å²) in [6, 6.07) is 5.81. The molecule has 3 heterocycles. The van der Waals surface area contributed by atoms with Gasteiger partial charge in [-0.2, -0.15) is 0 Å². The zero-order valence-corrected chi connectivity index (χ0v) is 13.6. The first-order valence-electron chi connectivity index (χ1n) is 6.81. The van der Waals surface area contributed by atoms with Crippen LogP contribution in [0.25, 0.3) is 10.6 Å². The van der Waals surface area contributed by atoms with Crippen LogP contribution in [0.5, 0.6) is 0 Å². The minimum atomic E-state index is 0.0821. The van der Waals surface area contributed by atoms with Gasteiger partial charge in [-0.05, 0) is 11.6 Å². The van der Waals surface area contributed by atoms with Crippen LogP contribution in [0.1, 0.15) is 5.56 Å². The Morgan fingerprint density at radius 3 is 3.04 bits per heavy atom. The molecule has 3 aromatic rings. The van der Waals surface area contributed by atoms with Gasteiger partial charge >= 0.3 is 0 Å². The Balaban J connectivity index is 1.68. The molecule has 9 heteroatoms. The summed E-state index contributed by atoms with van der Waals surface area (Å²) in [5.41, 5.74) is 2.84. The third-order valence-electron chi connectivity index (χ3n) is 3.69. The summed E-state index contributed by atoms with van der Waals surface area (Å²) < 4.78 is 0. The first-order chi connectivity index (χ1) is 11.1. The standard InChI is InChI=1S/C14H11ClN6OS/c1-21-9-4-2-3-7(8(9)5-10(21)22)13-19-20-14(23-13)18-12-11(15)16-6-17-12/h2-4,6H,5H2,1H3,(H,16,17)(H,18,20). The molecule has 1 amide bonds. The molecule has 2 N–H and O–H groups in total. The lowest BCUT2D eigenvalue weighted by molar-refractivity contribution is -0.117. The highest BCUT2D eigenvalue weighted by atomic mass is 35.5. The quantitative estimate of drug-likeness (QED) is 0.761. The number of benzene rings is 1. The van der Waals surface area contributed by atoms with Gasteiger partial charge in [-0.25, -0.2) is 4.98 Å². The van der Waals surface area contributed by atoms with Crippen LogP contribution in [0, 0.1) is 0 Å². The second-order valence-electron chi connectivity index (χ2n) is 5.04. The van der Waals surface area contributed by atoms with Crippen molar-refractivity contribution in [1.29, 1.82) is 0 Å². The number of anilines is 3. The van der Waals surface area contributed by atoms with Crippen LogP contribution in [0.15, 0.2) is 24.5 Å². The van der Waals surface area contributed by atoms with Crippen molar-refractivity contribution in [2.45, 2.75) is 6.42 Å². The van der Waals surface area contributed by atoms with Crippen molar-refractivity contribution in [1.82, 2.24) is 20.2 Å². The molecule has 23 heavy (non-hydrogen) atoms. The van der Waals surface area contributed by atoms with Crippen molar-refractivity contribution >= 4 is 45.5 Å². The van der Waals surface area contributed by atoms with E-state index < -0.39 is 0 Å². The molecule has 1 aliphatic heterocycles. The van der Waals surface area contributed by atoms with Crippen molar-refractivity contribution in [2.75, 3.05) is 17.3 Å². The van der Waals surface area contributed by atoms with Crippen LogP contribution in [0.2, 0.25) is 5.15 Å². The predicted octanol–water partition coefficient (Wildman–Crippen LogP) is 2.84. The second kappa shape index (κ2) is 5.32. The molecule has 7 nitrogen and oxygen atoms in total. The number of imidazole rings is 1. The first-order valence-corrected chi connectivity index (χ1v) is 8.01. The van der Waals surface area contributed by atoms with Crippen molar-refractivity contribution in [2.24, 2.45) is 0 Å². The van der Waals surface area contributed by atoms with E-state index in [0.717, 1.165) is 21.8 Å². The lowest BCUT2D eigenvalue weighted by Gasteiger charge is -2.10. The minimum Gasteiger partial charge on any atom is -0.334 e. The average Bonchev–Trinajstić information content (AvgIpc) is 3.23. The van der Waals surface area contributed by atoms with Gasteiger partial charge in [0.2, 0.25) is 11.0 Å². The molecule has 116 valence electrons. The molecule has 0 saturated carbocycles. The third kappa shape index (κ3) is 2.36. The van der Waals surface area contributed by atoms with Crippen LogP contribution in [-0.4, -0.2) is 33.1 Å². The largest absolute Gasteiger partial charge is 0.334 e. The molecule has 2 aromatic heterocycles. The third-order valence-corrected chi connectivity index (χ3v) is 4.85. The van der Waals surface area contributed by atoms with Gasteiger partial charge in [0.15, 0.2) is 11.0 Å². The summed E-state index contributed by atoms with van der Waals surface area (Å²) >= 11 is 7.34. The van der Waals surface area contributed by atoms with Crippen molar-refractivity contribution in [3.63, 3.8) is 0 Å². The van der Waals surface area contributed by atoms with Gasteiger partial charge in [0.25, 0.3) is 0 Å². The monoisotopic (exact) mass is 346 g/mol. The average molecular weight is 347 g/mol. The molecule has 1 aliphatic rings. The number of nitrogens with zero attached hydrogens (tertiary/aromatic N) is 4. The fraction of sp³-hybridized carbons (Fsp3) is 0.143. The highest BCUT2D eigenvalue weighted by Crippen LogP contribution is 2.38. The van der Waals surface area contributed by atoms with E-state index in [9.17, 15) is 4.79 Å². The van der Waals surface area contributed by atoms with E-state index in [-0.39, 0.29) is 5.91 Å². The molecule has 0 spiro atoms. The number of hydrogen-bond donors (Lipinski definition) is 2. The molecular weight excluding hydrogens is 336 g/mol. The Labute approximate surface area is 140 Å². The molecule has 0 radical (unpaired) electrons. The van der Waals surface area contributed by atoms with Crippen LogP contribution in [0.3, 0.4) is 0 Å². The van der Waals surface area contributed by atoms with E-state index >= 15 is 0 Å². The van der Waals surface area contributed by atoms with Gasteiger partial charge in [-0.3, -0.25) is 4.79 Å². The lowest BCUT2D eigenvalue weighted by atomic mass is 10.1. The van der Waals surface area contributed by atoms with E-state index in [4.69, 9.17) is 11.6 Å². The highest BCUT2D eigenvalue weighted by molar-refractivity contribution is 7.18. The van der Waals surface area contributed by atoms with Gasteiger partial charge in [0.05, 0.1) is 12.7 Å². The molecule has 0 saturated heterocycles. The molecule has 0 bridgehead atoms. The number of amides is 1. The van der Waals surface area contributed by atoms with E-state index in [1.54, 1.807) is 11.9 Å². The van der Waals surface area contributed by atoms with Gasteiger partial charge in [-0.15, -0.1) is 10.2 Å². The first kappa shape index (κ1) is 14.2. The van der Waals surface area contributed by atoms with Crippen LogP contribution in [-0.2, 0) is 11.2 Å². The molecule has 0 aliphatic carbocycles. The number of aromatic nitrogens is 4. The van der Waals surface area contributed by atoms with Crippen LogP contribution in [0.4, 0.5) is 16.6 Å². The topological polar surface area (TPSA) is 86.8 Å². The summed E-state index contributed by atoms with van der Waals surface area (Å²) in [4.78, 5) is 20.4. The maximum Gasteiger partial charge on any atom is 0.231 e. The number of halogens is 1. The Morgan fingerprint density at radius 1 is 1.39 bits per heavy atom. The van der Waals surface area contributed by atoms with E-state index in [1.165, 1.54) is 17.7 Å². The van der Waals surface area contributed by atoms with Gasteiger partial charge < -0.3 is 15.2 Å².